The van der Waals surface area contributed by atoms with Crippen molar-refractivity contribution < 1.29 is 4.74 Å². The maximum Gasteiger partial charge on any atom is 0.219 e. The van der Waals surface area contributed by atoms with E-state index in [0.717, 1.165) is 22.6 Å². The molecule has 0 spiro atoms. The van der Waals surface area contributed by atoms with Crippen molar-refractivity contribution in [2.75, 3.05) is 19.0 Å². The predicted octanol–water partition coefficient (Wildman–Crippen LogP) is 2.67. The second kappa shape index (κ2) is 7.25. The first-order valence-corrected chi connectivity index (χ1v) is 8.10. The zero-order chi connectivity index (χ0) is 18.7. The third kappa shape index (κ3) is 3.50. The number of ether oxygens (including phenoxy) is 1. The van der Waals surface area contributed by atoms with E-state index < -0.39 is 0 Å². The van der Waals surface area contributed by atoms with Gasteiger partial charge in [-0.05, 0) is 29.8 Å². The number of nitriles is 1. The van der Waals surface area contributed by atoms with Crippen LogP contribution >= 0.6 is 0 Å². The smallest absolute Gasteiger partial charge is 0.219 e. The largest absolute Gasteiger partial charge is 0.438 e. The minimum Gasteiger partial charge on any atom is -0.438 e. The van der Waals surface area contributed by atoms with Gasteiger partial charge in [0.15, 0.2) is 5.82 Å². The van der Waals surface area contributed by atoms with Crippen molar-refractivity contribution in [3.63, 3.8) is 0 Å². The van der Waals surface area contributed by atoms with Gasteiger partial charge in [-0.15, -0.1) is 0 Å². The Labute approximate surface area is 152 Å². The molecule has 7 heteroatoms. The van der Waals surface area contributed by atoms with Gasteiger partial charge in [-0.2, -0.15) is 10.4 Å². The lowest BCUT2D eigenvalue weighted by molar-refractivity contribution is 0.432. The number of pyridine rings is 1. The summed E-state index contributed by atoms with van der Waals surface area (Å²) in [4.78, 5) is 6.36. The summed E-state index contributed by atoms with van der Waals surface area (Å²) in [6.07, 6.45) is 1.74. The topological polar surface area (TPSA) is 93.0 Å². The molecule has 0 aliphatic carbocycles. The molecule has 2 N–H and O–H groups in total. The number of benzene rings is 1. The Kier molecular flexibility index (Phi) is 4.87. The van der Waals surface area contributed by atoms with Crippen LogP contribution in [0.25, 0.3) is 11.3 Å². The molecule has 0 fully saturated rings. The highest BCUT2D eigenvalue weighted by Crippen LogP contribution is 2.34. The van der Waals surface area contributed by atoms with Gasteiger partial charge in [0, 0.05) is 45.5 Å². The van der Waals surface area contributed by atoms with Crippen molar-refractivity contribution in [2.24, 2.45) is 12.8 Å². The third-order valence-corrected chi connectivity index (χ3v) is 3.94. The standard InChI is InChI=1S/C19H20N6O/c1-24(2)18-9-19(25(3)23-18)26-17-8-13(10-20)4-6-15(17)16-7-5-14(11-21)12-22-16/h4-9,12H,11,21H2,1-3H3. The Balaban J connectivity index is 2.03. The molecule has 0 radical (unpaired) electrons. The molecule has 3 rings (SSSR count). The van der Waals surface area contributed by atoms with Crippen LogP contribution in [0.3, 0.4) is 0 Å². The first-order chi connectivity index (χ1) is 12.5. The van der Waals surface area contributed by atoms with E-state index in [1.807, 2.05) is 50.3 Å². The number of hydrogen-bond acceptors (Lipinski definition) is 6. The average Bonchev–Trinajstić information content (AvgIpc) is 3.02. The summed E-state index contributed by atoms with van der Waals surface area (Å²) < 4.78 is 7.74. The molecule has 2 aromatic heterocycles. The maximum absolute atomic E-state index is 9.23. The highest BCUT2D eigenvalue weighted by atomic mass is 16.5. The summed E-state index contributed by atoms with van der Waals surface area (Å²) in [6, 6.07) is 13.1. The molecule has 0 bridgehead atoms. The zero-order valence-corrected chi connectivity index (χ0v) is 15.0. The molecule has 2 heterocycles. The second-order valence-electron chi connectivity index (χ2n) is 6.04. The average molecular weight is 348 g/mol. The molecule has 0 amide bonds. The van der Waals surface area contributed by atoms with Gasteiger partial charge >= 0.3 is 0 Å². The Morgan fingerprint density at radius 2 is 2.04 bits per heavy atom. The summed E-state index contributed by atoms with van der Waals surface area (Å²) in [7, 11) is 5.64. The Morgan fingerprint density at radius 3 is 2.62 bits per heavy atom. The number of nitrogens with two attached hydrogens (primary N) is 1. The second-order valence-corrected chi connectivity index (χ2v) is 6.04. The van der Waals surface area contributed by atoms with E-state index in [4.69, 9.17) is 10.5 Å². The normalized spacial score (nSPS) is 10.4. The number of aryl methyl sites for hydroxylation is 1. The molecule has 0 atom stereocenters. The van der Waals surface area contributed by atoms with Crippen LogP contribution in [-0.2, 0) is 13.6 Å². The molecule has 0 unspecified atom stereocenters. The van der Waals surface area contributed by atoms with Crippen LogP contribution in [0.1, 0.15) is 11.1 Å². The van der Waals surface area contributed by atoms with E-state index in [1.165, 1.54) is 0 Å². The number of aromatic nitrogens is 3. The van der Waals surface area contributed by atoms with Crippen LogP contribution in [0.15, 0.2) is 42.6 Å². The monoisotopic (exact) mass is 348 g/mol. The van der Waals surface area contributed by atoms with Crippen LogP contribution in [-0.4, -0.2) is 28.9 Å². The van der Waals surface area contributed by atoms with Gasteiger partial charge in [-0.25, -0.2) is 4.68 Å². The molecule has 132 valence electrons. The summed E-state index contributed by atoms with van der Waals surface area (Å²) in [5.41, 5.74) is 8.64. The first kappa shape index (κ1) is 17.5. The van der Waals surface area contributed by atoms with Crippen molar-refractivity contribution in [2.45, 2.75) is 6.54 Å². The number of rotatable bonds is 5. The fourth-order valence-corrected chi connectivity index (χ4v) is 2.45. The van der Waals surface area contributed by atoms with Gasteiger partial charge in [0.2, 0.25) is 5.88 Å². The lowest BCUT2D eigenvalue weighted by Gasteiger charge is -2.11. The minimum absolute atomic E-state index is 0.437. The lowest BCUT2D eigenvalue weighted by atomic mass is 10.1. The summed E-state index contributed by atoms with van der Waals surface area (Å²) in [6.45, 7) is 0.437. The molecular formula is C19H20N6O. The Bertz CT molecular complexity index is 953. The molecule has 3 aromatic rings. The summed E-state index contributed by atoms with van der Waals surface area (Å²) >= 11 is 0. The van der Waals surface area contributed by atoms with Crippen LogP contribution < -0.4 is 15.4 Å². The van der Waals surface area contributed by atoms with Crippen LogP contribution in [0.5, 0.6) is 11.6 Å². The molecule has 0 aliphatic rings. The summed E-state index contributed by atoms with van der Waals surface area (Å²) in [5.74, 6) is 1.90. The highest BCUT2D eigenvalue weighted by Gasteiger charge is 2.14. The summed E-state index contributed by atoms with van der Waals surface area (Å²) in [5, 5.41) is 13.6. The minimum atomic E-state index is 0.437. The van der Waals surface area contributed by atoms with Crippen molar-refractivity contribution in [3.8, 4) is 29.0 Å². The third-order valence-electron chi connectivity index (χ3n) is 3.94. The van der Waals surface area contributed by atoms with Gasteiger partial charge in [0.1, 0.15) is 5.75 Å². The van der Waals surface area contributed by atoms with Crippen molar-refractivity contribution >= 4 is 5.82 Å². The van der Waals surface area contributed by atoms with Gasteiger partial charge in [0.25, 0.3) is 0 Å². The molecule has 26 heavy (non-hydrogen) atoms. The number of hydrogen-bond donors (Lipinski definition) is 1. The van der Waals surface area contributed by atoms with Gasteiger partial charge in [0.05, 0.1) is 17.3 Å². The van der Waals surface area contributed by atoms with E-state index in [2.05, 4.69) is 16.2 Å². The van der Waals surface area contributed by atoms with Gasteiger partial charge in [-0.3, -0.25) is 4.98 Å². The first-order valence-electron chi connectivity index (χ1n) is 8.10. The molecule has 1 aromatic carbocycles. The van der Waals surface area contributed by atoms with Crippen molar-refractivity contribution in [3.05, 3.63) is 53.7 Å². The Morgan fingerprint density at radius 1 is 1.23 bits per heavy atom. The predicted molar refractivity (Wildman–Crippen MR) is 99.9 cm³/mol. The fourth-order valence-electron chi connectivity index (χ4n) is 2.45. The SMILES string of the molecule is CN(C)c1cc(Oc2cc(C#N)ccc2-c2ccc(CN)cn2)n(C)n1. The zero-order valence-electron chi connectivity index (χ0n) is 15.0. The van der Waals surface area contributed by atoms with E-state index in [0.29, 0.717) is 23.7 Å². The lowest BCUT2D eigenvalue weighted by Crippen LogP contribution is -2.09. The van der Waals surface area contributed by atoms with E-state index >= 15 is 0 Å². The van der Waals surface area contributed by atoms with Gasteiger partial charge in [-0.1, -0.05) is 6.07 Å². The number of nitrogens with zero attached hydrogens (tertiary/aromatic N) is 5. The highest BCUT2D eigenvalue weighted by molar-refractivity contribution is 5.69. The van der Waals surface area contributed by atoms with Crippen molar-refractivity contribution in [1.29, 1.82) is 5.26 Å². The van der Waals surface area contributed by atoms with E-state index in [-0.39, 0.29) is 0 Å². The van der Waals surface area contributed by atoms with E-state index in [1.54, 1.807) is 23.0 Å². The maximum atomic E-state index is 9.23. The fraction of sp³-hybridized carbons (Fsp3) is 0.211. The number of anilines is 1. The van der Waals surface area contributed by atoms with Crippen LogP contribution in [0.2, 0.25) is 0 Å². The van der Waals surface area contributed by atoms with Crippen LogP contribution in [0, 0.1) is 11.3 Å². The van der Waals surface area contributed by atoms with Crippen molar-refractivity contribution in [1.82, 2.24) is 14.8 Å². The molecule has 0 aliphatic heterocycles. The molecular weight excluding hydrogens is 328 g/mol. The molecule has 7 nitrogen and oxygen atoms in total. The van der Waals surface area contributed by atoms with Crippen LogP contribution in [0.4, 0.5) is 5.82 Å². The van der Waals surface area contributed by atoms with E-state index in [9.17, 15) is 5.26 Å². The molecule has 0 saturated carbocycles. The molecule has 0 saturated heterocycles. The quantitative estimate of drug-likeness (QED) is 0.762. The Hall–Kier alpha value is -3.37. The van der Waals surface area contributed by atoms with Gasteiger partial charge < -0.3 is 15.4 Å².